The zero-order chi connectivity index (χ0) is 22.2. The van der Waals surface area contributed by atoms with Gasteiger partial charge in [0.05, 0.1) is 34.4 Å². The number of benzene rings is 2. The molecule has 0 radical (unpaired) electrons. The summed E-state index contributed by atoms with van der Waals surface area (Å²) >= 11 is 6.28. The number of fused-ring (bicyclic) bond motifs is 1. The number of hydrogen-bond acceptors (Lipinski definition) is 5. The zero-order valence-electron chi connectivity index (χ0n) is 17.7. The molecule has 1 heterocycles. The fourth-order valence-corrected chi connectivity index (χ4v) is 4.36. The average molecular weight is 453 g/mol. The second kappa shape index (κ2) is 8.64. The van der Waals surface area contributed by atoms with Crippen molar-refractivity contribution >= 4 is 22.6 Å². The van der Waals surface area contributed by atoms with Crippen LogP contribution < -0.4 is 10.2 Å². The summed E-state index contributed by atoms with van der Waals surface area (Å²) in [5.74, 6) is 2.05. The van der Waals surface area contributed by atoms with Gasteiger partial charge in [-0.15, -0.1) is 0 Å². The van der Waals surface area contributed by atoms with Gasteiger partial charge in [0.2, 0.25) is 0 Å². The molecule has 2 aromatic carbocycles. The Labute approximate surface area is 191 Å². The summed E-state index contributed by atoms with van der Waals surface area (Å²) in [6.45, 7) is 4.40. The molecule has 0 spiro atoms. The zero-order valence-corrected chi connectivity index (χ0v) is 18.4. The highest BCUT2D eigenvalue weighted by molar-refractivity contribution is 6.34. The fourth-order valence-electron chi connectivity index (χ4n) is 4.15. The predicted octanol–water partition coefficient (Wildman–Crippen LogP) is 6.24. The lowest BCUT2D eigenvalue weighted by molar-refractivity contribution is -0.0388. The van der Waals surface area contributed by atoms with E-state index in [2.05, 4.69) is 12.6 Å². The molecule has 0 aliphatic heterocycles. The van der Waals surface area contributed by atoms with Crippen molar-refractivity contribution in [2.45, 2.75) is 37.7 Å². The van der Waals surface area contributed by atoms with Gasteiger partial charge in [-0.25, -0.2) is 0 Å². The third-order valence-electron chi connectivity index (χ3n) is 6.29. The molecule has 0 amide bonds. The van der Waals surface area contributed by atoms with Gasteiger partial charge in [-0.3, -0.25) is 4.79 Å². The normalized spacial score (nSPS) is 20.2. The monoisotopic (exact) mass is 452 g/mol. The number of halogens is 1. The molecule has 2 fully saturated rings. The van der Waals surface area contributed by atoms with Crippen LogP contribution in [0.5, 0.6) is 5.75 Å². The molecule has 2 aliphatic carbocycles. The van der Waals surface area contributed by atoms with Gasteiger partial charge in [0.25, 0.3) is 0 Å². The van der Waals surface area contributed by atoms with Crippen molar-refractivity contribution in [3.05, 3.63) is 75.6 Å². The largest absolute Gasteiger partial charge is 0.513 e. The van der Waals surface area contributed by atoms with Crippen LogP contribution in [0.3, 0.4) is 0 Å². The van der Waals surface area contributed by atoms with Crippen LogP contribution >= 0.6 is 11.6 Å². The van der Waals surface area contributed by atoms with Crippen molar-refractivity contribution in [2.24, 2.45) is 5.92 Å². The highest BCUT2D eigenvalue weighted by Gasteiger charge is 2.31. The summed E-state index contributed by atoms with van der Waals surface area (Å²) in [6, 6.07) is 12.7. The first-order chi connectivity index (χ1) is 15.5. The van der Waals surface area contributed by atoms with E-state index in [0.29, 0.717) is 52.2 Å². The van der Waals surface area contributed by atoms with E-state index in [1.165, 1.54) is 24.5 Å². The molecular formula is C26H25ClO5. The Morgan fingerprint density at radius 1 is 1.16 bits per heavy atom. The minimum atomic E-state index is -0.144. The van der Waals surface area contributed by atoms with Crippen LogP contribution in [-0.2, 0) is 4.74 Å². The number of para-hydroxylation sites is 1. The maximum Gasteiger partial charge on any atom is 0.193 e. The summed E-state index contributed by atoms with van der Waals surface area (Å²) in [5.41, 5.74) is 2.18. The SMILES string of the molecule is C=C(O)[C@H]1C[C@@H](OCCOc2cc(C3CC3)ccc2-c2cc(=O)c3cccc(Cl)c3o2)C1. The Hall–Kier alpha value is -2.76. The molecule has 2 aliphatic rings. The molecule has 5 nitrogen and oxygen atoms in total. The van der Waals surface area contributed by atoms with Gasteiger partial charge in [-0.05, 0) is 61.4 Å². The molecule has 1 N–H and O–H groups in total. The molecule has 166 valence electrons. The van der Waals surface area contributed by atoms with E-state index in [-0.39, 0.29) is 23.2 Å². The first-order valence-electron chi connectivity index (χ1n) is 11.0. The minimum Gasteiger partial charge on any atom is -0.513 e. The van der Waals surface area contributed by atoms with Crippen LogP contribution in [0.25, 0.3) is 22.3 Å². The van der Waals surface area contributed by atoms with Gasteiger partial charge in [-0.2, -0.15) is 0 Å². The van der Waals surface area contributed by atoms with Crippen molar-refractivity contribution in [2.75, 3.05) is 13.2 Å². The number of allylic oxidation sites excluding steroid dienone is 1. The van der Waals surface area contributed by atoms with Crippen LogP contribution in [-0.4, -0.2) is 24.4 Å². The molecule has 0 unspecified atom stereocenters. The van der Waals surface area contributed by atoms with E-state index < -0.39 is 0 Å². The summed E-state index contributed by atoms with van der Waals surface area (Å²) in [6.07, 6.45) is 4.08. The molecule has 2 saturated carbocycles. The maximum absolute atomic E-state index is 12.7. The summed E-state index contributed by atoms with van der Waals surface area (Å²) in [5, 5.41) is 10.3. The Morgan fingerprint density at radius 2 is 1.97 bits per heavy atom. The quantitative estimate of drug-likeness (QED) is 0.324. The third-order valence-corrected chi connectivity index (χ3v) is 6.58. The highest BCUT2D eigenvalue weighted by atomic mass is 35.5. The van der Waals surface area contributed by atoms with E-state index in [1.54, 1.807) is 18.2 Å². The van der Waals surface area contributed by atoms with E-state index in [4.69, 9.17) is 25.5 Å². The maximum atomic E-state index is 12.7. The van der Waals surface area contributed by atoms with Gasteiger partial charge >= 0.3 is 0 Å². The second-order valence-corrected chi connectivity index (χ2v) is 9.03. The molecule has 6 heteroatoms. The number of aliphatic hydroxyl groups is 1. The van der Waals surface area contributed by atoms with Gasteiger partial charge in [-0.1, -0.05) is 30.3 Å². The second-order valence-electron chi connectivity index (χ2n) is 8.62. The van der Waals surface area contributed by atoms with Crippen molar-refractivity contribution in [1.82, 2.24) is 0 Å². The van der Waals surface area contributed by atoms with Crippen molar-refractivity contribution in [1.29, 1.82) is 0 Å². The smallest absolute Gasteiger partial charge is 0.193 e. The fraction of sp³-hybridized carbons (Fsp3) is 0.346. The minimum absolute atomic E-state index is 0.130. The Bertz CT molecular complexity index is 1220. The van der Waals surface area contributed by atoms with Crippen LogP contribution in [0.15, 0.2) is 64.0 Å². The Balaban J connectivity index is 1.36. The van der Waals surface area contributed by atoms with Crippen LogP contribution in [0.4, 0.5) is 0 Å². The van der Waals surface area contributed by atoms with Crippen LogP contribution in [0.1, 0.15) is 37.2 Å². The molecule has 0 bridgehead atoms. The van der Waals surface area contributed by atoms with Gasteiger partial charge in [0.1, 0.15) is 18.1 Å². The molecule has 0 saturated heterocycles. The number of aliphatic hydroxyl groups excluding tert-OH is 1. The molecule has 1 aromatic heterocycles. The Morgan fingerprint density at radius 3 is 2.72 bits per heavy atom. The van der Waals surface area contributed by atoms with Crippen molar-refractivity contribution < 1.29 is 19.0 Å². The number of hydrogen-bond donors (Lipinski definition) is 1. The average Bonchev–Trinajstić information content (AvgIpc) is 3.58. The van der Waals surface area contributed by atoms with Crippen molar-refractivity contribution in [3.63, 3.8) is 0 Å². The first-order valence-corrected chi connectivity index (χ1v) is 11.4. The molecular weight excluding hydrogens is 428 g/mol. The van der Waals surface area contributed by atoms with Gasteiger partial charge < -0.3 is 19.0 Å². The summed E-state index contributed by atoms with van der Waals surface area (Å²) in [7, 11) is 0. The molecule has 32 heavy (non-hydrogen) atoms. The standard InChI is InChI=1S/C26H25ClO5/c1-15(28)18-11-19(12-18)30-9-10-31-24-13-17(16-5-6-16)7-8-21(24)25-14-23(29)20-3-2-4-22(27)26(20)32-25/h2-4,7-8,13-14,16,18-19,28H,1,5-6,9-12H2/t18-,19+. The highest BCUT2D eigenvalue weighted by Crippen LogP contribution is 2.43. The number of ether oxygens (including phenoxy) is 2. The predicted molar refractivity (Wildman–Crippen MR) is 125 cm³/mol. The van der Waals surface area contributed by atoms with Gasteiger partial charge in [0.15, 0.2) is 11.0 Å². The number of rotatable bonds is 8. The summed E-state index contributed by atoms with van der Waals surface area (Å²) in [4.78, 5) is 12.7. The Kier molecular flexibility index (Phi) is 5.70. The van der Waals surface area contributed by atoms with E-state index in [9.17, 15) is 9.90 Å². The lowest BCUT2D eigenvalue weighted by atomic mass is 9.81. The third kappa shape index (κ3) is 4.27. The van der Waals surface area contributed by atoms with Crippen molar-refractivity contribution in [3.8, 4) is 17.1 Å². The summed E-state index contributed by atoms with van der Waals surface area (Å²) < 4.78 is 18.0. The van der Waals surface area contributed by atoms with E-state index in [0.717, 1.165) is 12.8 Å². The van der Waals surface area contributed by atoms with Crippen LogP contribution in [0.2, 0.25) is 5.02 Å². The first kappa shape index (κ1) is 21.1. The molecule has 0 atom stereocenters. The topological polar surface area (TPSA) is 68.9 Å². The van der Waals surface area contributed by atoms with Gasteiger partial charge in [0, 0.05) is 12.0 Å². The van der Waals surface area contributed by atoms with Crippen LogP contribution in [0, 0.1) is 5.92 Å². The van der Waals surface area contributed by atoms with E-state index >= 15 is 0 Å². The lowest BCUT2D eigenvalue weighted by Crippen LogP contribution is -2.33. The molecule has 5 rings (SSSR count). The molecule has 3 aromatic rings. The van der Waals surface area contributed by atoms with E-state index in [1.807, 2.05) is 12.1 Å². The lowest BCUT2D eigenvalue weighted by Gasteiger charge is -2.34.